The highest BCUT2D eigenvalue weighted by Gasteiger charge is 2.23. The summed E-state index contributed by atoms with van der Waals surface area (Å²) < 4.78 is 0. The average Bonchev–Trinajstić information content (AvgIpc) is 2.66. The Morgan fingerprint density at radius 3 is 3.07 bits per heavy atom. The van der Waals surface area contributed by atoms with Crippen LogP contribution in [0.2, 0.25) is 0 Å². The number of hydrogen-bond donors (Lipinski definition) is 1. The minimum Gasteiger partial charge on any atom is -0.341 e. The lowest BCUT2D eigenvalue weighted by molar-refractivity contribution is -0.129. The molecule has 1 aromatic rings. The molecule has 1 aromatic heterocycles. The smallest absolute Gasteiger partial charge is 0.228 e. The zero-order valence-corrected chi connectivity index (χ0v) is 8.60. The highest BCUT2D eigenvalue weighted by Crippen LogP contribution is 2.09. The van der Waals surface area contributed by atoms with Gasteiger partial charge in [0.1, 0.15) is 0 Å². The Labute approximate surface area is 89.1 Å². The molecule has 0 unspecified atom stereocenters. The number of carbonyl (C=O) groups is 1. The van der Waals surface area contributed by atoms with E-state index in [0.717, 1.165) is 18.7 Å². The second-order valence-electron chi connectivity index (χ2n) is 3.89. The summed E-state index contributed by atoms with van der Waals surface area (Å²) in [6, 6.07) is 5.76. The van der Waals surface area contributed by atoms with Crippen LogP contribution in [0.4, 0.5) is 0 Å². The molecule has 0 spiro atoms. The summed E-state index contributed by atoms with van der Waals surface area (Å²) >= 11 is 0. The Bertz CT molecular complexity index is 339. The number of hydrogen-bond acceptors (Lipinski definition) is 3. The minimum atomic E-state index is 0.127. The molecule has 15 heavy (non-hydrogen) atoms. The highest BCUT2D eigenvalue weighted by atomic mass is 16.2. The van der Waals surface area contributed by atoms with Crippen LogP contribution in [0, 0.1) is 0 Å². The Hall–Kier alpha value is -1.42. The molecular weight excluding hydrogens is 190 g/mol. The van der Waals surface area contributed by atoms with Gasteiger partial charge in [0, 0.05) is 31.0 Å². The van der Waals surface area contributed by atoms with Crippen LogP contribution in [0.1, 0.15) is 12.1 Å². The van der Waals surface area contributed by atoms with Gasteiger partial charge in [-0.2, -0.15) is 0 Å². The summed E-state index contributed by atoms with van der Waals surface area (Å²) in [6.45, 7) is 1.47. The fourth-order valence-corrected chi connectivity index (χ4v) is 1.78. The van der Waals surface area contributed by atoms with Gasteiger partial charge < -0.3 is 10.6 Å². The van der Waals surface area contributed by atoms with E-state index in [2.05, 4.69) is 4.98 Å². The van der Waals surface area contributed by atoms with Gasteiger partial charge in [0.05, 0.1) is 6.42 Å². The largest absolute Gasteiger partial charge is 0.341 e. The molecule has 1 aliphatic heterocycles. The molecule has 2 rings (SSSR count). The van der Waals surface area contributed by atoms with E-state index in [0.29, 0.717) is 13.0 Å². The van der Waals surface area contributed by atoms with E-state index in [9.17, 15) is 4.79 Å². The van der Waals surface area contributed by atoms with Gasteiger partial charge in [0.15, 0.2) is 0 Å². The first-order chi connectivity index (χ1) is 7.25. The fourth-order valence-electron chi connectivity index (χ4n) is 1.78. The van der Waals surface area contributed by atoms with E-state index in [1.54, 1.807) is 6.20 Å². The quantitative estimate of drug-likeness (QED) is 0.749. The summed E-state index contributed by atoms with van der Waals surface area (Å²) in [6.07, 6.45) is 3.00. The van der Waals surface area contributed by atoms with Crippen molar-refractivity contribution in [3.05, 3.63) is 30.1 Å². The predicted molar refractivity (Wildman–Crippen MR) is 57.1 cm³/mol. The van der Waals surface area contributed by atoms with Crippen LogP contribution in [0.5, 0.6) is 0 Å². The maximum atomic E-state index is 11.8. The third-order valence-corrected chi connectivity index (χ3v) is 2.64. The molecule has 0 aromatic carbocycles. The van der Waals surface area contributed by atoms with Crippen molar-refractivity contribution in [3.8, 4) is 0 Å². The van der Waals surface area contributed by atoms with Crippen molar-refractivity contribution in [1.29, 1.82) is 0 Å². The molecule has 2 heterocycles. The third-order valence-electron chi connectivity index (χ3n) is 2.64. The number of nitrogens with zero attached hydrogens (tertiary/aromatic N) is 2. The molecule has 1 atom stereocenters. The van der Waals surface area contributed by atoms with E-state index < -0.39 is 0 Å². The van der Waals surface area contributed by atoms with Gasteiger partial charge in [0.25, 0.3) is 0 Å². The summed E-state index contributed by atoms with van der Waals surface area (Å²) in [4.78, 5) is 17.7. The molecule has 0 bridgehead atoms. The van der Waals surface area contributed by atoms with Crippen molar-refractivity contribution < 1.29 is 4.79 Å². The van der Waals surface area contributed by atoms with E-state index in [1.807, 2.05) is 23.1 Å². The summed E-state index contributed by atoms with van der Waals surface area (Å²) in [7, 11) is 0. The maximum Gasteiger partial charge on any atom is 0.228 e. The van der Waals surface area contributed by atoms with Crippen LogP contribution in [-0.4, -0.2) is 34.9 Å². The summed E-state index contributed by atoms with van der Waals surface area (Å²) in [5.41, 5.74) is 6.57. The number of rotatable bonds is 2. The summed E-state index contributed by atoms with van der Waals surface area (Å²) in [5, 5.41) is 0. The first kappa shape index (κ1) is 10.1. The van der Waals surface area contributed by atoms with E-state index >= 15 is 0 Å². The Morgan fingerprint density at radius 2 is 2.47 bits per heavy atom. The fraction of sp³-hybridized carbons (Fsp3) is 0.455. The Balaban J connectivity index is 1.93. The topological polar surface area (TPSA) is 59.2 Å². The van der Waals surface area contributed by atoms with Crippen LogP contribution in [-0.2, 0) is 11.2 Å². The van der Waals surface area contributed by atoms with Crippen LogP contribution < -0.4 is 5.73 Å². The second-order valence-corrected chi connectivity index (χ2v) is 3.89. The number of aromatic nitrogens is 1. The molecule has 4 nitrogen and oxygen atoms in total. The molecule has 1 saturated heterocycles. The zero-order chi connectivity index (χ0) is 10.7. The molecule has 4 heteroatoms. The normalized spacial score (nSPS) is 20.6. The van der Waals surface area contributed by atoms with Crippen LogP contribution in [0.25, 0.3) is 0 Å². The number of carbonyl (C=O) groups excluding carboxylic acids is 1. The highest BCUT2D eigenvalue weighted by molar-refractivity contribution is 5.78. The molecular formula is C11H15N3O. The second kappa shape index (κ2) is 4.40. The van der Waals surface area contributed by atoms with Crippen molar-refractivity contribution in [2.75, 3.05) is 13.1 Å². The van der Waals surface area contributed by atoms with Gasteiger partial charge in [-0.1, -0.05) is 6.07 Å². The van der Waals surface area contributed by atoms with E-state index in [1.165, 1.54) is 0 Å². The minimum absolute atomic E-state index is 0.127. The van der Waals surface area contributed by atoms with Crippen LogP contribution in [0.15, 0.2) is 24.4 Å². The maximum absolute atomic E-state index is 11.8. The van der Waals surface area contributed by atoms with Crippen LogP contribution >= 0.6 is 0 Å². The van der Waals surface area contributed by atoms with Gasteiger partial charge >= 0.3 is 0 Å². The lowest BCUT2D eigenvalue weighted by Gasteiger charge is -2.15. The van der Waals surface area contributed by atoms with Gasteiger partial charge in [0.2, 0.25) is 5.91 Å². The van der Waals surface area contributed by atoms with E-state index in [-0.39, 0.29) is 11.9 Å². The molecule has 0 radical (unpaired) electrons. The molecule has 1 aliphatic rings. The molecule has 1 amide bonds. The average molecular weight is 205 g/mol. The number of amides is 1. The van der Waals surface area contributed by atoms with E-state index in [4.69, 9.17) is 5.73 Å². The Morgan fingerprint density at radius 1 is 1.60 bits per heavy atom. The molecule has 1 fully saturated rings. The van der Waals surface area contributed by atoms with Crippen molar-refractivity contribution in [2.24, 2.45) is 5.73 Å². The number of pyridine rings is 1. The molecule has 0 saturated carbocycles. The van der Waals surface area contributed by atoms with Crippen LogP contribution in [0.3, 0.4) is 0 Å². The zero-order valence-electron chi connectivity index (χ0n) is 8.60. The van der Waals surface area contributed by atoms with Gasteiger partial charge in [-0.25, -0.2) is 0 Å². The molecule has 80 valence electrons. The SMILES string of the molecule is N[C@H]1CCN(C(=O)Cc2ccccn2)C1. The standard InChI is InChI=1S/C11H15N3O/c12-9-4-6-14(8-9)11(15)7-10-3-1-2-5-13-10/h1-3,5,9H,4,6-8,12H2/t9-/m0/s1. The van der Waals surface area contributed by atoms with Crippen molar-refractivity contribution in [3.63, 3.8) is 0 Å². The number of nitrogens with two attached hydrogens (primary N) is 1. The van der Waals surface area contributed by atoms with Gasteiger partial charge in [-0.15, -0.1) is 0 Å². The van der Waals surface area contributed by atoms with Crippen molar-refractivity contribution in [1.82, 2.24) is 9.88 Å². The number of likely N-dealkylation sites (tertiary alicyclic amines) is 1. The lowest BCUT2D eigenvalue weighted by atomic mass is 10.2. The molecule has 2 N–H and O–H groups in total. The monoisotopic (exact) mass is 205 g/mol. The summed E-state index contributed by atoms with van der Waals surface area (Å²) in [5.74, 6) is 0.127. The van der Waals surface area contributed by atoms with Crippen molar-refractivity contribution in [2.45, 2.75) is 18.9 Å². The first-order valence-electron chi connectivity index (χ1n) is 5.19. The molecule has 0 aliphatic carbocycles. The third kappa shape index (κ3) is 2.53. The lowest BCUT2D eigenvalue weighted by Crippen LogP contribution is -2.33. The van der Waals surface area contributed by atoms with Gasteiger partial charge in [-0.05, 0) is 18.6 Å². The Kier molecular flexibility index (Phi) is 2.97. The first-order valence-corrected chi connectivity index (χ1v) is 5.19. The predicted octanol–water partition coefficient (Wildman–Crippen LogP) is 0.184. The van der Waals surface area contributed by atoms with Crippen molar-refractivity contribution >= 4 is 5.91 Å². The van der Waals surface area contributed by atoms with Gasteiger partial charge in [-0.3, -0.25) is 9.78 Å².